The summed E-state index contributed by atoms with van der Waals surface area (Å²) < 4.78 is 5.33. The van der Waals surface area contributed by atoms with Crippen LogP contribution in [0.1, 0.15) is 43.9 Å². The van der Waals surface area contributed by atoms with Crippen molar-refractivity contribution in [3.8, 4) is 5.75 Å². The zero-order chi connectivity index (χ0) is 22.2. The van der Waals surface area contributed by atoms with Crippen molar-refractivity contribution in [3.63, 3.8) is 0 Å². The van der Waals surface area contributed by atoms with Gasteiger partial charge in [-0.25, -0.2) is 0 Å². The quantitative estimate of drug-likeness (QED) is 0.617. The number of hydrogen-bond acceptors (Lipinski definition) is 3. The van der Waals surface area contributed by atoms with Gasteiger partial charge in [0, 0.05) is 31.6 Å². The minimum absolute atomic E-state index is 0.00634. The van der Waals surface area contributed by atoms with E-state index in [2.05, 4.69) is 6.92 Å². The maximum absolute atomic E-state index is 13.3. The van der Waals surface area contributed by atoms with Crippen molar-refractivity contribution in [2.75, 3.05) is 26.7 Å². The van der Waals surface area contributed by atoms with Crippen molar-refractivity contribution >= 4 is 17.9 Å². The highest BCUT2D eigenvalue weighted by Gasteiger charge is 2.31. The minimum atomic E-state index is -0.0461. The Labute approximate surface area is 185 Å². The Morgan fingerprint density at radius 2 is 1.84 bits per heavy atom. The molecule has 5 heteroatoms. The van der Waals surface area contributed by atoms with Crippen molar-refractivity contribution in [1.82, 2.24) is 9.80 Å². The molecule has 0 N–H and O–H groups in total. The van der Waals surface area contributed by atoms with Gasteiger partial charge in [-0.2, -0.15) is 0 Å². The van der Waals surface area contributed by atoms with Crippen LogP contribution in [0.25, 0.3) is 6.08 Å². The first-order chi connectivity index (χ1) is 15.0. The molecule has 0 saturated carbocycles. The second-order valence-electron chi connectivity index (χ2n) is 7.92. The van der Waals surface area contributed by atoms with Crippen LogP contribution < -0.4 is 4.74 Å². The third kappa shape index (κ3) is 5.75. The number of amides is 2. The largest absolute Gasteiger partial charge is 0.497 e. The van der Waals surface area contributed by atoms with Gasteiger partial charge in [0.1, 0.15) is 5.75 Å². The van der Waals surface area contributed by atoms with E-state index in [4.69, 9.17) is 4.74 Å². The van der Waals surface area contributed by atoms with E-state index in [1.807, 2.05) is 77.4 Å². The first-order valence-electron chi connectivity index (χ1n) is 11.0. The maximum atomic E-state index is 13.3. The molecular formula is C26H32N2O3. The van der Waals surface area contributed by atoms with Gasteiger partial charge in [-0.15, -0.1) is 0 Å². The van der Waals surface area contributed by atoms with Gasteiger partial charge in [-0.05, 0) is 56.0 Å². The molecule has 1 atom stereocenters. The van der Waals surface area contributed by atoms with E-state index in [0.717, 1.165) is 16.9 Å². The fourth-order valence-corrected chi connectivity index (χ4v) is 4.12. The Hall–Kier alpha value is -3.08. The van der Waals surface area contributed by atoms with Crippen LogP contribution >= 0.6 is 0 Å². The predicted octanol–water partition coefficient (Wildman–Crippen LogP) is 4.56. The zero-order valence-corrected chi connectivity index (χ0v) is 18.7. The number of methoxy groups -OCH3 is 1. The molecule has 1 saturated heterocycles. The van der Waals surface area contributed by atoms with E-state index in [-0.39, 0.29) is 23.8 Å². The number of carbonyl (C=O) groups is 2. The second-order valence-corrected chi connectivity index (χ2v) is 7.92. The van der Waals surface area contributed by atoms with Gasteiger partial charge in [0.15, 0.2) is 0 Å². The first kappa shape index (κ1) is 22.6. The molecule has 2 aromatic carbocycles. The van der Waals surface area contributed by atoms with Crippen LogP contribution in [-0.4, -0.2) is 48.4 Å². The van der Waals surface area contributed by atoms with E-state index in [0.29, 0.717) is 32.5 Å². The summed E-state index contributed by atoms with van der Waals surface area (Å²) in [5.41, 5.74) is 2.07. The number of ether oxygens (including phenoxy) is 1. The molecule has 1 heterocycles. The topological polar surface area (TPSA) is 49.9 Å². The van der Waals surface area contributed by atoms with Crippen molar-refractivity contribution in [1.29, 1.82) is 0 Å². The molecule has 3 rings (SSSR count). The van der Waals surface area contributed by atoms with E-state index in [9.17, 15) is 9.59 Å². The minimum Gasteiger partial charge on any atom is -0.497 e. The van der Waals surface area contributed by atoms with Crippen LogP contribution in [-0.2, 0) is 9.59 Å². The predicted molar refractivity (Wildman–Crippen MR) is 124 cm³/mol. The average Bonchev–Trinajstić information content (AvgIpc) is 2.83. The van der Waals surface area contributed by atoms with E-state index < -0.39 is 0 Å². The summed E-state index contributed by atoms with van der Waals surface area (Å²) in [4.78, 5) is 29.6. The van der Waals surface area contributed by atoms with Gasteiger partial charge >= 0.3 is 0 Å². The van der Waals surface area contributed by atoms with E-state index >= 15 is 0 Å². The molecule has 1 unspecified atom stereocenters. The second kappa shape index (κ2) is 10.8. The van der Waals surface area contributed by atoms with Crippen molar-refractivity contribution in [2.45, 2.75) is 32.7 Å². The number of carbonyl (C=O) groups excluding carboxylic acids is 2. The first-order valence-corrected chi connectivity index (χ1v) is 11.0. The molecule has 31 heavy (non-hydrogen) atoms. The molecule has 1 fully saturated rings. The van der Waals surface area contributed by atoms with Gasteiger partial charge in [-0.1, -0.05) is 42.5 Å². The van der Waals surface area contributed by atoms with Gasteiger partial charge in [0.25, 0.3) is 0 Å². The molecular weight excluding hydrogens is 388 g/mol. The zero-order valence-electron chi connectivity index (χ0n) is 18.7. The summed E-state index contributed by atoms with van der Waals surface area (Å²) in [6.07, 6.45) is 4.87. The Morgan fingerprint density at radius 1 is 1.13 bits per heavy atom. The lowest BCUT2D eigenvalue weighted by atomic mass is 9.93. The highest BCUT2D eigenvalue weighted by Crippen LogP contribution is 2.28. The Bertz CT molecular complexity index is 902. The van der Waals surface area contributed by atoms with E-state index in [1.165, 1.54) is 0 Å². The monoisotopic (exact) mass is 420 g/mol. The highest BCUT2D eigenvalue weighted by atomic mass is 16.5. The van der Waals surface area contributed by atoms with Crippen molar-refractivity contribution < 1.29 is 14.3 Å². The highest BCUT2D eigenvalue weighted by molar-refractivity contribution is 5.92. The Morgan fingerprint density at radius 3 is 2.48 bits per heavy atom. The van der Waals surface area contributed by atoms with E-state index in [1.54, 1.807) is 13.2 Å². The third-order valence-electron chi connectivity index (χ3n) is 6.04. The normalized spacial score (nSPS) is 15.6. The summed E-state index contributed by atoms with van der Waals surface area (Å²) in [5.74, 6) is 0.926. The Kier molecular flexibility index (Phi) is 7.88. The smallest absolute Gasteiger partial charge is 0.246 e. The molecule has 1 aliphatic heterocycles. The summed E-state index contributed by atoms with van der Waals surface area (Å²) in [5, 5.41) is 0. The lowest BCUT2D eigenvalue weighted by Gasteiger charge is -2.36. The third-order valence-corrected chi connectivity index (χ3v) is 6.04. The molecule has 1 aliphatic rings. The molecule has 164 valence electrons. The SMILES string of the molecule is CCN(C(=O)C1CCN(C(=O)/C=C/c2ccccc2)CC1)C(C)c1cccc(OC)c1. The number of benzene rings is 2. The summed E-state index contributed by atoms with van der Waals surface area (Å²) in [6, 6.07) is 17.7. The molecule has 0 aliphatic carbocycles. The molecule has 0 radical (unpaired) electrons. The van der Waals surface area contributed by atoms with Crippen LogP contribution in [0.5, 0.6) is 5.75 Å². The number of nitrogens with zero attached hydrogens (tertiary/aromatic N) is 2. The van der Waals surface area contributed by atoms with Crippen LogP contribution in [0, 0.1) is 5.92 Å². The number of hydrogen-bond donors (Lipinski definition) is 0. The summed E-state index contributed by atoms with van der Waals surface area (Å²) in [7, 11) is 1.65. The van der Waals surface area contributed by atoms with Gasteiger partial charge in [-0.3, -0.25) is 9.59 Å². The number of piperidine rings is 1. The van der Waals surface area contributed by atoms with Crippen molar-refractivity contribution in [2.24, 2.45) is 5.92 Å². The molecule has 5 nitrogen and oxygen atoms in total. The molecule has 2 aromatic rings. The fourth-order valence-electron chi connectivity index (χ4n) is 4.12. The molecule has 2 amide bonds. The van der Waals surface area contributed by atoms with Crippen LogP contribution in [0.2, 0.25) is 0 Å². The maximum Gasteiger partial charge on any atom is 0.246 e. The van der Waals surface area contributed by atoms with Gasteiger partial charge in [0.05, 0.1) is 13.2 Å². The van der Waals surface area contributed by atoms with Gasteiger partial charge in [0.2, 0.25) is 11.8 Å². The van der Waals surface area contributed by atoms with Crippen LogP contribution in [0.3, 0.4) is 0 Å². The number of likely N-dealkylation sites (tertiary alicyclic amines) is 1. The molecule has 0 aromatic heterocycles. The Balaban J connectivity index is 1.58. The van der Waals surface area contributed by atoms with Crippen molar-refractivity contribution in [3.05, 3.63) is 71.8 Å². The summed E-state index contributed by atoms with van der Waals surface area (Å²) in [6.45, 7) is 5.94. The molecule has 0 bridgehead atoms. The van der Waals surface area contributed by atoms with Gasteiger partial charge < -0.3 is 14.5 Å². The van der Waals surface area contributed by atoms with Crippen LogP contribution in [0.4, 0.5) is 0 Å². The standard InChI is InChI=1S/C26H32N2O3/c1-4-28(20(2)23-11-8-12-24(19-23)31-3)26(30)22-15-17-27(18-16-22)25(29)14-13-21-9-6-5-7-10-21/h5-14,19-20,22H,4,15-18H2,1-3H3/b14-13+. The average molecular weight is 421 g/mol. The summed E-state index contributed by atoms with van der Waals surface area (Å²) >= 11 is 0. The number of rotatable bonds is 7. The lowest BCUT2D eigenvalue weighted by Crippen LogP contribution is -2.44. The van der Waals surface area contributed by atoms with Crippen LogP contribution in [0.15, 0.2) is 60.7 Å². The molecule has 0 spiro atoms. The fraction of sp³-hybridized carbons (Fsp3) is 0.385. The lowest BCUT2D eigenvalue weighted by molar-refractivity contribution is -0.141.